The van der Waals surface area contributed by atoms with Gasteiger partial charge >= 0.3 is 6.01 Å². The monoisotopic (exact) mass is 593 g/mol. The summed E-state index contributed by atoms with van der Waals surface area (Å²) >= 11 is 0. The van der Waals surface area contributed by atoms with E-state index in [1.54, 1.807) is 4.90 Å². The number of fused-ring (bicyclic) bond motifs is 2. The number of carbonyl (C=O) groups is 1. The Labute approximate surface area is 258 Å². The maximum atomic E-state index is 12.6. The molecule has 44 heavy (non-hydrogen) atoms. The van der Waals surface area contributed by atoms with E-state index in [1.165, 1.54) is 35.4 Å². The normalized spacial score (nSPS) is 22.9. The lowest BCUT2D eigenvalue weighted by Gasteiger charge is -2.42. The van der Waals surface area contributed by atoms with Gasteiger partial charge in [0.2, 0.25) is 5.91 Å². The van der Waals surface area contributed by atoms with Crippen LogP contribution in [0.25, 0.3) is 10.8 Å². The summed E-state index contributed by atoms with van der Waals surface area (Å²) in [5.41, 5.74) is 3.47. The maximum Gasteiger partial charge on any atom is 0.318 e. The lowest BCUT2D eigenvalue weighted by atomic mass is 10.0. The molecular formula is C34H39N7O3. The van der Waals surface area contributed by atoms with Crippen molar-refractivity contribution < 1.29 is 14.3 Å². The molecule has 4 aliphatic rings. The molecule has 1 saturated carbocycles. The van der Waals surface area contributed by atoms with Crippen LogP contribution in [0.2, 0.25) is 0 Å². The number of morpholine rings is 1. The van der Waals surface area contributed by atoms with Gasteiger partial charge in [-0.2, -0.15) is 15.2 Å². The average Bonchev–Trinajstić information content (AvgIpc) is 3.85. The van der Waals surface area contributed by atoms with Gasteiger partial charge in [-0.15, -0.1) is 0 Å². The zero-order valence-electron chi connectivity index (χ0n) is 25.3. The first-order valence-corrected chi connectivity index (χ1v) is 15.6. The highest BCUT2D eigenvalue weighted by Crippen LogP contribution is 2.43. The first-order valence-electron chi connectivity index (χ1n) is 15.6. The molecule has 0 N–H and O–H groups in total. The van der Waals surface area contributed by atoms with E-state index in [4.69, 9.17) is 19.4 Å². The fraction of sp³-hybridized carbons (Fsp3) is 0.471. The molecule has 2 atom stereocenters. The van der Waals surface area contributed by atoms with Gasteiger partial charge in [0.1, 0.15) is 18.5 Å². The van der Waals surface area contributed by atoms with Crippen molar-refractivity contribution in [1.29, 1.82) is 5.26 Å². The van der Waals surface area contributed by atoms with Crippen molar-refractivity contribution in [1.82, 2.24) is 19.8 Å². The highest BCUT2D eigenvalue weighted by molar-refractivity contribution is 5.94. The van der Waals surface area contributed by atoms with Crippen molar-refractivity contribution in [3.05, 3.63) is 66.4 Å². The third-order valence-corrected chi connectivity index (χ3v) is 9.80. The molecule has 3 fully saturated rings. The van der Waals surface area contributed by atoms with Crippen LogP contribution in [0.5, 0.6) is 6.01 Å². The van der Waals surface area contributed by atoms with Crippen LogP contribution in [-0.4, -0.2) is 96.3 Å². The van der Waals surface area contributed by atoms with E-state index in [-0.39, 0.29) is 30.0 Å². The van der Waals surface area contributed by atoms with Gasteiger partial charge in [0, 0.05) is 54.9 Å². The number of hydrogen-bond acceptors (Lipinski definition) is 9. The van der Waals surface area contributed by atoms with Crippen molar-refractivity contribution in [2.45, 2.75) is 49.9 Å². The Bertz CT molecular complexity index is 1610. The van der Waals surface area contributed by atoms with Gasteiger partial charge in [0.05, 0.1) is 37.4 Å². The lowest BCUT2D eigenvalue weighted by Crippen LogP contribution is -2.55. The first kappa shape index (κ1) is 28.6. The summed E-state index contributed by atoms with van der Waals surface area (Å²) in [5.74, 6) is 0.699. The van der Waals surface area contributed by atoms with Crippen LogP contribution < -0.4 is 14.5 Å². The topological polar surface area (TPSA) is 98.1 Å². The third-order valence-electron chi connectivity index (χ3n) is 9.80. The Kier molecular flexibility index (Phi) is 7.60. The molecule has 4 heterocycles. The number of hydrogen-bond donors (Lipinski definition) is 0. The lowest BCUT2D eigenvalue weighted by molar-refractivity contribution is -0.128. The molecule has 228 valence electrons. The number of piperazine rings is 1. The fourth-order valence-electron chi connectivity index (χ4n) is 7.01. The predicted octanol–water partition coefficient (Wildman–Crippen LogP) is 3.55. The van der Waals surface area contributed by atoms with Crippen molar-refractivity contribution in [2.24, 2.45) is 0 Å². The zero-order chi connectivity index (χ0) is 30.3. The Balaban J connectivity index is 1.18. The minimum atomic E-state index is -0.245. The van der Waals surface area contributed by atoms with Crippen LogP contribution >= 0.6 is 0 Å². The quantitative estimate of drug-likeness (QED) is 0.381. The van der Waals surface area contributed by atoms with Crippen LogP contribution in [0.4, 0.5) is 11.5 Å². The number of carbonyl (C=O) groups excluding carboxylic acids is 1. The van der Waals surface area contributed by atoms with E-state index >= 15 is 0 Å². The van der Waals surface area contributed by atoms with Gasteiger partial charge in [0.15, 0.2) is 0 Å². The summed E-state index contributed by atoms with van der Waals surface area (Å²) in [6, 6.07) is 17.3. The molecule has 0 radical (unpaired) electrons. The first-order chi connectivity index (χ1) is 21.5. The Morgan fingerprint density at radius 2 is 1.98 bits per heavy atom. The standard InChI is InChI=1S/C34H39N7O3/c1-3-31(42)41-18-17-40(19-25(41)11-15-35)32-28-12-16-39(30-10-6-8-24-7-4-5-9-27(24)30)21-29(28)36-33(37-32)43-22-26-20-38(2)34(13-14-34)23-44-26/h3-10,25-26H,1,11-14,16-23H2,2H3/t25-,26+/m0/s1. The smallest absolute Gasteiger partial charge is 0.318 e. The molecule has 7 rings (SSSR count). The van der Waals surface area contributed by atoms with Crippen LogP contribution in [-0.2, 0) is 22.5 Å². The number of nitriles is 1. The van der Waals surface area contributed by atoms with Crippen molar-refractivity contribution in [2.75, 3.05) is 62.8 Å². The number of ether oxygens (including phenoxy) is 2. The zero-order valence-corrected chi connectivity index (χ0v) is 25.3. The molecule has 1 spiro atoms. The molecule has 2 aromatic carbocycles. The molecule has 3 aliphatic heterocycles. The molecule has 10 nitrogen and oxygen atoms in total. The van der Waals surface area contributed by atoms with E-state index in [1.807, 2.05) is 0 Å². The van der Waals surface area contributed by atoms with Crippen LogP contribution in [0, 0.1) is 11.3 Å². The minimum Gasteiger partial charge on any atom is -0.461 e. The Morgan fingerprint density at radius 3 is 2.77 bits per heavy atom. The Morgan fingerprint density at radius 1 is 1.14 bits per heavy atom. The SMILES string of the molecule is C=CC(=O)N1CCN(c2nc(OC[C@H]3CN(C)C4(CC4)CO3)nc3c2CCN(c2cccc4ccccc24)C3)C[C@@H]1CC#N. The molecule has 1 aromatic heterocycles. The summed E-state index contributed by atoms with van der Waals surface area (Å²) in [4.78, 5) is 31.3. The van der Waals surface area contributed by atoms with Crippen LogP contribution in [0.3, 0.4) is 0 Å². The number of aromatic nitrogens is 2. The van der Waals surface area contributed by atoms with E-state index in [0.717, 1.165) is 43.2 Å². The fourth-order valence-corrected chi connectivity index (χ4v) is 7.01. The van der Waals surface area contributed by atoms with E-state index in [0.29, 0.717) is 38.8 Å². The minimum absolute atomic E-state index is 0.0463. The van der Waals surface area contributed by atoms with Crippen molar-refractivity contribution >= 4 is 28.2 Å². The van der Waals surface area contributed by atoms with Gasteiger partial charge in [0.25, 0.3) is 0 Å². The van der Waals surface area contributed by atoms with Gasteiger partial charge in [-0.05, 0) is 43.8 Å². The maximum absolute atomic E-state index is 12.6. The van der Waals surface area contributed by atoms with Crippen molar-refractivity contribution in [3.63, 3.8) is 0 Å². The largest absolute Gasteiger partial charge is 0.461 e. The number of amides is 1. The molecule has 3 aromatic rings. The van der Waals surface area contributed by atoms with Crippen molar-refractivity contribution in [3.8, 4) is 12.1 Å². The second kappa shape index (κ2) is 11.7. The molecule has 0 bridgehead atoms. The van der Waals surface area contributed by atoms with Gasteiger partial charge in [-0.3, -0.25) is 9.69 Å². The summed E-state index contributed by atoms with van der Waals surface area (Å²) in [7, 11) is 2.17. The Hall–Kier alpha value is -4.20. The molecule has 0 unspecified atom stereocenters. The van der Waals surface area contributed by atoms with Gasteiger partial charge in [-0.25, -0.2) is 0 Å². The number of rotatable bonds is 7. The highest BCUT2D eigenvalue weighted by Gasteiger charge is 2.50. The highest BCUT2D eigenvalue weighted by atomic mass is 16.5. The molecule has 10 heteroatoms. The van der Waals surface area contributed by atoms with Gasteiger partial charge in [-0.1, -0.05) is 43.0 Å². The molecule has 1 amide bonds. The number of likely N-dealkylation sites (N-methyl/N-ethyl adjacent to an activating group) is 1. The number of nitrogens with zero attached hydrogens (tertiary/aromatic N) is 7. The summed E-state index contributed by atoms with van der Waals surface area (Å²) in [5, 5.41) is 12.0. The summed E-state index contributed by atoms with van der Waals surface area (Å²) in [6.07, 6.45) is 4.70. The molecule has 1 aliphatic carbocycles. The van der Waals surface area contributed by atoms with Crippen LogP contribution in [0.15, 0.2) is 55.1 Å². The van der Waals surface area contributed by atoms with Crippen LogP contribution in [0.1, 0.15) is 30.5 Å². The summed E-state index contributed by atoms with van der Waals surface area (Å²) in [6.45, 7) is 8.69. The second-order valence-corrected chi connectivity index (χ2v) is 12.5. The number of anilines is 2. The molecular weight excluding hydrogens is 554 g/mol. The van der Waals surface area contributed by atoms with E-state index in [9.17, 15) is 10.1 Å². The molecule has 2 saturated heterocycles. The second-order valence-electron chi connectivity index (χ2n) is 12.5. The van der Waals surface area contributed by atoms with E-state index < -0.39 is 0 Å². The summed E-state index contributed by atoms with van der Waals surface area (Å²) < 4.78 is 12.5. The number of benzene rings is 2. The van der Waals surface area contributed by atoms with E-state index in [2.05, 4.69) is 76.9 Å². The average molecular weight is 594 g/mol. The predicted molar refractivity (Wildman–Crippen MR) is 169 cm³/mol. The third kappa shape index (κ3) is 5.35. The van der Waals surface area contributed by atoms with Gasteiger partial charge < -0.3 is 24.2 Å².